The fourth-order valence-electron chi connectivity index (χ4n) is 2.03. The smallest absolute Gasteiger partial charge is 0.0673 e. The van der Waals surface area contributed by atoms with Crippen LogP contribution < -0.4 is 17.2 Å². The number of nitrogens with two attached hydrogens (primary N) is 3. The van der Waals surface area contributed by atoms with Gasteiger partial charge in [0.25, 0.3) is 0 Å². The van der Waals surface area contributed by atoms with Crippen LogP contribution in [0.5, 0.6) is 0 Å². The molecule has 1 rings (SSSR count). The predicted octanol–water partition coefficient (Wildman–Crippen LogP) is -0.533. The molecule has 4 nitrogen and oxygen atoms in total. The van der Waals surface area contributed by atoms with E-state index in [0.717, 1.165) is 12.8 Å². The van der Waals surface area contributed by atoms with Crippen LogP contribution in [0.3, 0.4) is 0 Å². The molecule has 1 saturated carbocycles. The van der Waals surface area contributed by atoms with E-state index < -0.39 is 0 Å². The van der Waals surface area contributed by atoms with Gasteiger partial charge in [0.2, 0.25) is 0 Å². The Bertz CT molecular complexity index is 182. The fraction of sp³-hybridized carbons (Fsp3) is 0.889. The van der Waals surface area contributed by atoms with Gasteiger partial charge in [-0.05, 0) is 25.5 Å². The van der Waals surface area contributed by atoms with Crippen LogP contribution in [0.2, 0.25) is 0 Å². The molecule has 1 fully saturated rings. The van der Waals surface area contributed by atoms with Crippen molar-refractivity contribution < 1.29 is 0 Å². The van der Waals surface area contributed by atoms with E-state index in [1.54, 1.807) is 0 Å². The Morgan fingerprint density at radius 2 is 1.77 bits per heavy atom. The number of nitrogens with zero attached hydrogens (tertiary/aromatic N) is 1. The maximum absolute atomic E-state index is 5.98. The third-order valence-electron chi connectivity index (χ3n) is 3.00. The molecule has 0 aromatic heterocycles. The van der Waals surface area contributed by atoms with E-state index in [1.165, 1.54) is 0 Å². The normalized spacial score (nSPS) is 46.9. The van der Waals surface area contributed by atoms with E-state index in [2.05, 4.69) is 18.6 Å². The van der Waals surface area contributed by atoms with Crippen molar-refractivity contribution in [2.45, 2.75) is 43.9 Å². The molecule has 0 bridgehead atoms. The van der Waals surface area contributed by atoms with Crippen LogP contribution in [0.15, 0.2) is 4.99 Å². The Labute approximate surface area is 79.6 Å². The van der Waals surface area contributed by atoms with E-state index in [1.807, 2.05) is 0 Å². The Morgan fingerprint density at radius 1 is 1.15 bits per heavy atom. The van der Waals surface area contributed by atoms with Gasteiger partial charge in [0.1, 0.15) is 0 Å². The van der Waals surface area contributed by atoms with Crippen LogP contribution in [-0.4, -0.2) is 30.9 Å². The van der Waals surface area contributed by atoms with Gasteiger partial charge in [-0.1, -0.05) is 6.92 Å². The highest BCUT2D eigenvalue weighted by molar-refractivity contribution is 5.25. The zero-order valence-electron chi connectivity index (χ0n) is 8.19. The second-order valence-electron chi connectivity index (χ2n) is 4.11. The standard InChI is InChI=1S/C9H20N4/c1-5-3-6(10)4-7(13-2)9(12)8(5)11/h5-9H,2-4,10-12H2,1H3. The van der Waals surface area contributed by atoms with Gasteiger partial charge >= 0.3 is 0 Å². The molecule has 4 heteroatoms. The molecule has 5 unspecified atom stereocenters. The summed E-state index contributed by atoms with van der Waals surface area (Å²) in [6.45, 7) is 5.62. The minimum absolute atomic E-state index is 0.0101. The SMILES string of the molecule is C=NC1CC(N)CC(C)C(N)C1N. The van der Waals surface area contributed by atoms with Gasteiger partial charge in [-0.25, -0.2) is 0 Å². The molecule has 0 aromatic carbocycles. The average Bonchev–Trinajstić information content (AvgIpc) is 2.18. The summed E-state index contributed by atoms with van der Waals surface area (Å²) in [6, 6.07) is 0.0742. The predicted molar refractivity (Wildman–Crippen MR) is 55.7 cm³/mol. The van der Waals surface area contributed by atoms with Gasteiger partial charge in [0.05, 0.1) is 6.04 Å². The molecule has 0 radical (unpaired) electrons. The molecule has 1 aliphatic rings. The second kappa shape index (κ2) is 4.17. The first-order chi connectivity index (χ1) is 6.06. The van der Waals surface area contributed by atoms with E-state index in [-0.39, 0.29) is 24.2 Å². The van der Waals surface area contributed by atoms with Crippen molar-refractivity contribution in [1.82, 2.24) is 0 Å². The zero-order chi connectivity index (χ0) is 10.0. The first kappa shape index (κ1) is 10.6. The third kappa shape index (κ3) is 2.27. The van der Waals surface area contributed by atoms with Crippen molar-refractivity contribution in [2.75, 3.05) is 0 Å². The molecule has 6 N–H and O–H groups in total. The van der Waals surface area contributed by atoms with Gasteiger partial charge in [-0.3, -0.25) is 4.99 Å². The van der Waals surface area contributed by atoms with Crippen LogP contribution in [0, 0.1) is 5.92 Å². The molecule has 0 aromatic rings. The van der Waals surface area contributed by atoms with Crippen molar-refractivity contribution in [3.05, 3.63) is 0 Å². The highest BCUT2D eigenvalue weighted by atomic mass is 14.9. The fourth-order valence-corrected chi connectivity index (χ4v) is 2.03. The minimum Gasteiger partial charge on any atom is -0.328 e. The van der Waals surface area contributed by atoms with Crippen molar-refractivity contribution in [3.63, 3.8) is 0 Å². The molecule has 0 heterocycles. The van der Waals surface area contributed by atoms with Crippen molar-refractivity contribution in [2.24, 2.45) is 28.1 Å². The second-order valence-corrected chi connectivity index (χ2v) is 4.11. The molecule has 76 valence electrons. The average molecular weight is 184 g/mol. The Balaban J connectivity index is 2.75. The van der Waals surface area contributed by atoms with Crippen molar-refractivity contribution in [1.29, 1.82) is 0 Å². The van der Waals surface area contributed by atoms with Crippen LogP contribution in [-0.2, 0) is 0 Å². The molecule has 0 saturated heterocycles. The van der Waals surface area contributed by atoms with Gasteiger partial charge in [-0.15, -0.1) is 0 Å². The van der Waals surface area contributed by atoms with E-state index in [9.17, 15) is 0 Å². The lowest BCUT2D eigenvalue weighted by Crippen LogP contribution is -2.50. The summed E-state index contributed by atoms with van der Waals surface area (Å²) < 4.78 is 0. The molecule has 0 aliphatic heterocycles. The number of hydrogen-bond acceptors (Lipinski definition) is 4. The van der Waals surface area contributed by atoms with Crippen molar-refractivity contribution >= 4 is 6.72 Å². The van der Waals surface area contributed by atoms with Gasteiger partial charge < -0.3 is 17.2 Å². The Kier molecular flexibility index (Phi) is 3.41. The third-order valence-corrected chi connectivity index (χ3v) is 3.00. The quantitative estimate of drug-likeness (QED) is 0.378. The highest BCUT2D eigenvalue weighted by Gasteiger charge is 2.32. The largest absolute Gasteiger partial charge is 0.328 e. The van der Waals surface area contributed by atoms with Gasteiger partial charge in [0, 0.05) is 18.1 Å². The van der Waals surface area contributed by atoms with Crippen LogP contribution in [0.4, 0.5) is 0 Å². The molecule has 0 spiro atoms. The molecular formula is C9H20N4. The zero-order valence-corrected chi connectivity index (χ0v) is 8.19. The number of aliphatic imine (C=N–C) groups is 1. The molecular weight excluding hydrogens is 164 g/mol. The van der Waals surface area contributed by atoms with Crippen LogP contribution in [0.25, 0.3) is 0 Å². The molecule has 0 amide bonds. The molecule has 1 aliphatic carbocycles. The Hall–Kier alpha value is -0.450. The lowest BCUT2D eigenvalue weighted by atomic mass is 9.93. The van der Waals surface area contributed by atoms with Crippen LogP contribution >= 0.6 is 0 Å². The summed E-state index contributed by atoms with van der Waals surface area (Å²) in [5, 5.41) is 0. The summed E-state index contributed by atoms with van der Waals surface area (Å²) in [7, 11) is 0. The Morgan fingerprint density at radius 3 is 2.31 bits per heavy atom. The van der Waals surface area contributed by atoms with Crippen molar-refractivity contribution in [3.8, 4) is 0 Å². The van der Waals surface area contributed by atoms with E-state index in [0.29, 0.717) is 5.92 Å². The summed E-state index contributed by atoms with van der Waals surface area (Å²) in [6.07, 6.45) is 1.74. The summed E-state index contributed by atoms with van der Waals surface area (Å²) in [4.78, 5) is 3.99. The first-order valence-corrected chi connectivity index (χ1v) is 4.78. The monoisotopic (exact) mass is 184 g/mol. The molecule has 13 heavy (non-hydrogen) atoms. The number of rotatable bonds is 1. The topological polar surface area (TPSA) is 90.4 Å². The first-order valence-electron chi connectivity index (χ1n) is 4.78. The maximum Gasteiger partial charge on any atom is 0.0673 e. The minimum atomic E-state index is -0.0963. The summed E-state index contributed by atoms with van der Waals surface area (Å²) in [5.41, 5.74) is 17.9. The maximum atomic E-state index is 5.98. The summed E-state index contributed by atoms with van der Waals surface area (Å²) >= 11 is 0. The highest BCUT2D eigenvalue weighted by Crippen LogP contribution is 2.22. The lowest BCUT2D eigenvalue weighted by molar-refractivity contribution is 0.374. The molecule has 5 atom stereocenters. The van der Waals surface area contributed by atoms with Crippen LogP contribution in [0.1, 0.15) is 19.8 Å². The summed E-state index contributed by atoms with van der Waals surface area (Å²) in [5.74, 6) is 0.372. The van der Waals surface area contributed by atoms with E-state index in [4.69, 9.17) is 17.2 Å². The van der Waals surface area contributed by atoms with E-state index >= 15 is 0 Å². The lowest BCUT2D eigenvalue weighted by Gasteiger charge is -2.25. The number of hydrogen-bond donors (Lipinski definition) is 3. The van der Waals surface area contributed by atoms with Gasteiger partial charge in [-0.2, -0.15) is 0 Å². The van der Waals surface area contributed by atoms with Gasteiger partial charge in [0.15, 0.2) is 0 Å².